The van der Waals surface area contributed by atoms with Crippen LogP contribution >= 0.6 is 0 Å². The molecule has 5 rings (SSSR count). The molecule has 3 aliphatic rings. The summed E-state index contributed by atoms with van der Waals surface area (Å²) < 4.78 is 23.6. The van der Waals surface area contributed by atoms with Crippen molar-refractivity contribution in [1.29, 1.82) is 0 Å². The molecular weight excluding hydrogens is 346 g/mol. The third-order valence-electron chi connectivity index (χ3n) is 5.45. The van der Waals surface area contributed by atoms with Crippen LogP contribution in [0.15, 0.2) is 60.7 Å². The highest BCUT2D eigenvalue weighted by Crippen LogP contribution is 2.46. The van der Waals surface area contributed by atoms with Gasteiger partial charge >= 0.3 is 0 Å². The summed E-state index contributed by atoms with van der Waals surface area (Å²) in [5, 5.41) is 0. The Bertz CT molecular complexity index is 814. The van der Waals surface area contributed by atoms with Gasteiger partial charge in [-0.1, -0.05) is 48.5 Å². The van der Waals surface area contributed by atoms with Crippen LogP contribution in [0.2, 0.25) is 0 Å². The van der Waals surface area contributed by atoms with E-state index in [2.05, 4.69) is 0 Å². The smallest absolute Gasteiger partial charge is 0.254 e. The maximum Gasteiger partial charge on any atom is 0.254 e. The molecule has 0 aliphatic carbocycles. The number of nitrogens with zero attached hydrogens (tertiary/aromatic N) is 1. The summed E-state index contributed by atoms with van der Waals surface area (Å²) >= 11 is 0. The molecule has 0 radical (unpaired) electrons. The maximum absolute atomic E-state index is 13.0. The topological polar surface area (TPSA) is 57.0 Å². The monoisotopic (exact) mass is 367 g/mol. The Labute approximate surface area is 157 Å². The van der Waals surface area contributed by atoms with Crippen LogP contribution in [0, 0.1) is 0 Å². The van der Waals surface area contributed by atoms with E-state index in [-0.39, 0.29) is 30.2 Å². The zero-order valence-corrected chi connectivity index (χ0v) is 14.9. The highest BCUT2D eigenvalue weighted by molar-refractivity contribution is 5.96. The van der Waals surface area contributed by atoms with E-state index in [1.54, 1.807) is 7.11 Å². The Kier molecular flexibility index (Phi) is 4.21. The summed E-state index contributed by atoms with van der Waals surface area (Å²) in [5.41, 5.74) is 1.62. The number of methoxy groups -OCH3 is 1. The van der Waals surface area contributed by atoms with Crippen LogP contribution < -0.4 is 0 Å². The van der Waals surface area contributed by atoms with Crippen molar-refractivity contribution in [2.45, 2.75) is 36.9 Å². The number of amides is 1. The zero-order chi connectivity index (χ0) is 18.4. The summed E-state index contributed by atoms with van der Waals surface area (Å²) in [6.07, 6.45) is -1.42. The standard InChI is InChI=1S/C21H21NO5/c1-24-21-17-16(22(17)19(23)13-8-4-2-5-9-13)18-15(26-21)12-25-20(27-18)14-10-6-3-7-11-14/h2-11,15-18,20-21H,12H2,1H3/t15-,16+,17-,18-,20+,21+,22?/m0/s1. The predicted octanol–water partition coefficient (Wildman–Crippen LogP) is 2.37. The molecule has 0 N–H and O–H groups in total. The number of fused-ring (bicyclic) bond motifs is 3. The number of carbonyl (C=O) groups excluding carboxylic acids is 1. The molecule has 3 saturated heterocycles. The number of benzene rings is 2. The molecule has 6 nitrogen and oxygen atoms in total. The van der Waals surface area contributed by atoms with E-state index in [9.17, 15) is 4.79 Å². The van der Waals surface area contributed by atoms with E-state index in [4.69, 9.17) is 18.9 Å². The summed E-state index contributed by atoms with van der Waals surface area (Å²) in [5.74, 6) is -0.0248. The quantitative estimate of drug-likeness (QED) is 0.780. The van der Waals surface area contributed by atoms with Gasteiger partial charge in [-0.05, 0) is 12.1 Å². The third kappa shape index (κ3) is 2.85. The maximum atomic E-state index is 13.0. The SMILES string of the molecule is CO[C@@H]1O[C@H]2CO[C@@H](c3ccccc3)O[C@@H]2[C@H]2[C@@H]1N2C(=O)c1ccccc1. The molecule has 0 saturated carbocycles. The van der Waals surface area contributed by atoms with Crippen molar-refractivity contribution in [3.05, 3.63) is 71.8 Å². The van der Waals surface area contributed by atoms with Crippen molar-refractivity contribution < 1.29 is 23.7 Å². The summed E-state index contributed by atoms with van der Waals surface area (Å²) in [6.45, 7) is 0.403. The molecule has 140 valence electrons. The largest absolute Gasteiger partial charge is 0.354 e. The van der Waals surface area contributed by atoms with E-state index >= 15 is 0 Å². The van der Waals surface area contributed by atoms with Gasteiger partial charge in [0.2, 0.25) is 0 Å². The predicted molar refractivity (Wildman–Crippen MR) is 95.9 cm³/mol. The van der Waals surface area contributed by atoms with Crippen LogP contribution in [0.5, 0.6) is 0 Å². The van der Waals surface area contributed by atoms with E-state index in [1.165, 1.54) is 0 Å². The summed E-state index contributed by atoms with van der Waals surface area (Å²) in [4.78, 5) is 14.8. The molecular formula is C21H21NO5. The van der Waals surface area contributed by atoms with Gasteiger partial charge in [0, 0.05) is 18.2 Å². The van der Waals surface area contributed by atoms with E-state index < -0.39 is 12.6 Å². The minimum atomic E-state index is -0.468. The highest BCUT2D eigenvalue weighted by Gasteiger charge is 2.66. The van der Waals surface area contributed by atoms with Crippen LogP contribution in [0.4, 0.5) is 0 Å². The lowest BCUT2D eigenvalue weighted by Gasteiger charge is -2.39. The molecule has 3 heterocycles. The Morgan fingerprint density at radius 2 is 1.70 bits per heavy atom. The van der Waals surface area contributed by atoms with Crippen LogP contribution in [0.25, 0.3) is 0 Å². The molecule has 3 aliphatic heterocycles. The van der Waals surface area contributed by atoms with Crippen LogP contribution in [-0.2, 0) is 18.9 Å². The van der Waals surface area contributed by atoms with Gasteiger partial charge in [0.25, 0.3) is 5.91 Å². The number of rotatable bonds is 3. The second kappa shape index (κ2) is 6.73. The molecule has 0 bridgehead atoms. The Morgan fingerprint density at radius 3 is 2.41 bits per heavy atom. The Balaban J connectivity index is 1.39. The summed E-state index contributed by atoms with van der Waals surface area (Å²) in [6, 6.07) is 18.9. The molecule has 1 amide bonds. The molecule has 2 aromatic carbocycles. The van der Waals surface area contributed by atoms with Crippen molar-refractivity contribution >= 4 is 5.91 Å². The van der Waals surface area contributed by atoms with Gasteiger partial charge < -0.3 is 23.8 Å². The number of hydrogen-bond acceptors (Lipinski definition) is 5. The van der Waals surface area contributed by atoms with Gasteiger partial charge in [0.1, 0.15) is 18.2 Å². The Morgan fingerprint density at radius 1 is 1.00 bits per heavy atom. The van der Waals surface area contributed by atoms with Gasteiger partial charge in [-0.15, -0.1) is 0 Å². The Hall–Kier alpha value is -2.25. The van der Waals surface area contributed by atoms with E-state index in [1.807, 2.05) is 65.6 Å². The normalized spacial score (nSPS) is 34.5. The fourth-order valence-corrected chi connectivity index (χ4v) is 4.11. The third-order valence-corrected chi connectivity index (χ3v) is 5.45. The number of carbonyl (C=O) groups is 1. The van der Waals surface area contributed by atoms with Crippen LogP contribution in [0.3, 0.4) is 0 Å². The first-order valence-corrected chi connectivity index (χ1v) is 9.16. The molecule has 27 heavy (non-hydrogen) atoms. The van der Waals surface area contributed by atoms with Gasteiger partial charge in [-0.25, -0.2) is 0 Å². The molecule has 6 heteroatoms. The first kappa shape index (κ1) is 16.9. The lowest BCUT2D eigenvalue weighted by atomic mass is 10.0. The van der Waals surface area contributed by atoms with Gasteiger partial charge in [0.05, 0.1) is 12.6 Å². The molecule has 2 aromatic rings. The highest BCUT2D eigenvalue weighted by atomic mass is 16.7. The molecule has 0 spiro atoms. The second-order valence-electron chi connectivity index (χ2n) is 7.01. The molecule has 6 atom stereocenters. The van der Waals surface area contributed by atoms with Crippen molar-refractivity contribution in [2.24, 2.45) is 0 Å². The average molecular weight is 367 g/mol. The average Bonchev–Trinajstić information content (AvgIpc) is 3.49. The van der Waals surface area contributed by atoms with Crippen LogP contribution in [-0.4, -0.2) is 55.1 Å². The van der Waals surface area contributed by atoms with Gasteiger partial charge in [-0.2, -0.15) is 0 Å². The number of ether oxygens (including phenoxy) is 4. The van der Waals surface area contributed by atoms with Gasteiger partial charge in [0.15, 0.2) is 12.6 Å². The minimum Gasteiger partial charge on any atom is -0.354 e. The second-order valence-corrected chi connectivity index (χ2v) is 7.01. The minimum absolute atomic E-state index is 0.0248. The van der Waals surface area contributed by atoms with Crippen molar-refractivity contribution in [1.82, 2.24) is 4.90 Å². The first-order chi connectivity index (χ1) is 13.3. The van der Waals surface area contributed by atoms with E-state index in [0.717, 1.165) is 5.56 Å². The molecule has 0 unspecified atom stereocenters. The summed E-state index contributed by atoms with van der Waals surface area (Å²) in [7, 11) is 1.60. The lowest BCUT2D eigenvalue weighted by molar-refractivity contribution is -0.304. The number of hydrogen-bond donors (Lipinski definition) is 0. The first-order valence-electron chi connectivity index (χ1n) is 9.16. The van der Waals surface area contributed by atoms with Crippen molar-refractivity contribution in [2.75, 3.05) is 13.7 Å². The van der Waals surface area contributed by atoms with Crippen LogP contribution in [0.1, 0.15) is 22.2 Å². The zero-order valence-electron chi connectivity index (χ0n) is 14.9. The molecule has 0 aromatic heterocycles. The van der Waals surface area contributed by atoms with E-state index in [0.29, 0.717) is 12.2 Å². The van der Waals surface area contributed by atoms with Crippen molar-refractivity contribution in [3.8, 4) is 0 Å². The lowest BCUT2D eigenvalue weighted by Crippen LogP contribution is -2.52. The van der Waals surface area contributed by atoms with Gasteiger partial charge in [-0.3, -0.25) is 4.79 Å². The van der Waals surface area contributed by atoms with Crippen molar-refractivity contribution in [3.63, 3.8) is 0 Å². The fraction of sp³-hybridized carbons (Fsp3) is 0.381. The molecule has 3 fully saturated rings. The fourth-order valence-electron chi connectivity index (χ4n) is 4.11.